The Hall–Kier alpha value is 0.400. The molecule has 9 heavy (non-hydrogen) atoms. The number of alkyl halides is 1. The van der Waals surface area contributed by atoms with Crippen LogP contribution in [0.25, 0.3) is 0 Å². The van der Waals surface area contributed by atoms with Crippen LogP contribution in [0.1, 0.15) is 9.88 Å². The van der Waals surface area contributed by atoms with Crippen molar-refractivity contribution in [3.05, 3.63) is 16.1 Å². The van der Waals surface area contributed by atoms with E-state index in [1.54, 1.807) is 11.3 Å². The fourth-order valence-electron chi connectivity index (χ4n) is 0.467. The molecule has 1 aromatic rings. The third kappa shape index (κ3) is 2.65. The van der Waals surface area contributed by atoms with E-state index in [1.807, 2.05) is 13.1 Å². The van der Waals surface area contributed by atoms with Crippen molar-refractivity contribution >= 4 is 39.7 Å². The number of hydrogen-bond donors (Lipinski definition) is 0. The van der Waals surface area contributed by atoms with Gasteiger partial charge in [0.05, 0.1) is 5.01 Å². The van der Waals surface area contributed by atoms with Crippen LogP contribution in [-0.4, -0.2) is 4.98 Å². The lowest BCUT2D eigenvalue weighted by atomic mass is 10.6. The first-order chi connectivity index (χ1) is 3.83. The topological polar surface area (TPSA) is 12.9 Å². The molecule has 1 heterocycles. The Morgan fingerprint density at radius 2 is 2.44 bits per heavy atom. The van der Waals surface area contributed by atoms with E-state index in [9.17, 15) is 0 Å². The van der Waals surface area contributed by atoms with Gasteiger partial charge in [0.25, 0.3) is 0 Å². The highest BCUT2D eigenvalue weighted by atomic mass is 79.9. The van der Waals surface area contributed by atoms with Gasteiger partial charge in [-0.15, -0.1) is 23.7 Å². The molecule has 1 rings (SSSR count). The van der Waals surface area contributed by atoms with E-state index in [0.717, 1.165) is 10.3 Å². The molecule has 0 radical (unpaired) electrons. The molecule has 0 aliphatic carbocycles. The van der Waals surface area contributed by atoms with E-state index in [-0.39, 0.29) is 12.4 Å². The van der Waals surface area contributed by atoms with Gasteiger partial charge in [-0.2, -0.15) is 0 Å². The molecule has 1 nitrogen and oxygen atoms in total. The molecule has 0 atom stereocenters. The smallest absolute Gasteiger partial charge is 0.0897 e. The second-order valence-corrected chi connectivity index (χ2v) is 3.36. The molecule has 0 N–H and O–H groups in total. The molecule has 0 saturated carbocycles. The highest BCUT2D eigenvalue weighted by Crippen LogP contribution is 2.13. The van der Waals surface area contributed by atoms with Crippen molar-refractivity contribution in [2.24, 2.45) is 0 Å². The second-order valence-electron chi connectivity index (χ2n) is 1.48. The van der Waals surface area contributed by atoms with E-state index in [2.05, 4.69) is 20.9 Å². The van der Waals surface area contributed by atoms with Gasteiger partial charge >= 0.3 is 0 Å². The number of aromatic nitrogens is 1. The Morgan fingerprint density at radius 3 is 2.67 bits per heavy atom. The molecule has 0 amide bonds. The lowest BCUT2D eigenvalue weighted by Gasteiger charge is -1.76. The third-order valence-electron chi connectivity index (χ3n) is 0.801. The van der Waals surface area contributed by atoms with Crippen LogP contribution >= 0.6 is 39.7 Å². The molecule has 52 valence electrons. The fourth-order valence-corrected chi connectivity index (χ4v) is 1.60. The predicted molar refractivity (Wildman–Crippen MR) is 46.7 cm³/mol. The first-order valence-electron chi connectivity index (χ1n) is 2.30. The first-order valence-corrected chi connectivity index (χ1v) is 4.24. The zero-order valence-corrected chi connectivity index (χ0v) is 8.15. The Bertz CT molecular complexity index is 177. The molecule has 0 unspecified atom stereocenters. The van der Waals surface area contributed by atoms with Gasteiger partial charge in [0, 0.05) is 16.4 Å². The van der Waals surface area contributed by atoms with Crippen LogP contribution in [0.2, 0.25) is 0 Å². The Balaban J connectivity index is 0.000000640. The number of aryl methyl sites for hydroxylation is 1. The van der Waals surface area contributed by atoms with Crippen LogP contribution in [-0.2, 0) is 5.33 Å². The van der Waals surface area contributed by atoms with Gasteiger partial charge in [0.1, 0.15) is 0 Å². The highest BCUT2D eigenvalue weighted by Gasteiger charge is 1.92. The van der Waals surface area contributed by atoms with E-state index in [1.165, 1.54) is 4.88 Å². The van der Waals surface area contributed by atoms with E-state index < -0.39 is 0 Å². The van der Waals surface area contributed by atoms with E-state index in [0.29, 0.717) is 0 Å². The lowest BCUT2D eigenvalue weighted by Crippen LogP contribution is -1.60. The Labute approximate surface area is 73.0 Å². The van der Waals surface area contributed by atoms with Crippen LogP contribution in [0, 0.1) is 6.92 Å². The third-order valence-corrected chi connectivity index (χ3v) is 2.69. The molecule has 0 aliphatic rings. The van der Waals surface area contributed by atoms with Crippen LogP contribution in [0.4, 0.5) is 0 Å². The molecule has 4 heteroatoms. The van der Waals surface area contributed by atoms with Gasteiger partial charge in [0.2, 0.25) is 0 Å². The average molecular weight is 229 g/mol. The normalized spacial score (nSPS) is 8.67. The summed E-state index contributed by atoms with van der Waals surface area (Å²) in [6.07, 6.45) is 1.90. The zero-order valence-electron chi connectivity index (χ0n) is 4.93. The summed E-state index contributed by atoms with van der Waals surface area (Å²) in [7, 11) is 0. The fraction of sp³-hybridized carbons (Fsp3) is 0.400. The molecule has 0 saturated heterocycles. The minimum atomic E-state index is 0. The molecular formula is C5H7BrClNS. The maximum Gasteiger partial charge on any atom is 0.0897 e. The van der Waals surface area contributed by atoms with Crippen LogP contribution < -0.4 is 0 Å². The van der Waals surface area contributed by atoms with Crippen LogP contribution in [0.5, 0.6) is 0 Å². The standard InChI is InChI=1S/C5H6BrNS.ClH/c1-4-7-3-5(2-6)8-4;/h3H,2H2,1H3;1H. The lowest BCUT2D eigenvalue weighted by molar-refractivity contribution is 1.28. The van der Waals surface area contributed by atoms with Crippen molar-refractivity contribution in [1.29, 1.82) is 0 Å². The van der Waals surface area contributed by atoms with Gasteiger partial charge in [-0.25, -0.2) is 4.98 Å². The summed E-state index contributed by atoms with van der Waals surface area (Å²) in [6, 6.07) is 0. The Kier molecular flexibility index (Phi) is 4.44. The Morgan fingerprint density at radius 1 is 1.78 bits per heavy atom. The monoisotopic (exact) mass is 227 g/mol. The van der Waals surface area contributed by atoms with Crippen molar-refractivity contribution in [1.82, 2.24) is 4.98 Å². The van der Waals surface area contributed by atoms with E-state index >= 15 is 0 Å². The average Bonchev–Trinajstić information content (AvgIpc) is 2.14. The van der Waals surface area contributed by atoms with E-state index in [4.69, 9.17) is 0 Å². The maximum atomic E-state index is 4.08. The zero-order chi connectivity index (χ0) is 5.98. The number of thiazole rings is 1. The summed E-state index contributed by atoms with van der Waals surface area (Å²) in [4.78, 5) is 5.37. The minimum absolute atomic E-state index is 0. The molecule has 0 fully saturated rings. The van der Waals surface area contributed by atoms with Crippen molar-refractivity contribution in [2.45, 2.75) is 12.3 Å². The predicted octanol–water partition coefficient (Wildman–Crippen LogP) is 2.77. The van der Waals surface area contributed by atoms with Crippen LogP contribution in [0.15, 0.2) is 6.20 Å². The first kappa shape index (κ1) is 9.40. The van der Waals surface area contributed by atoms with Gasteiger partial charge in [0.15, 0.2) is 0 Å². The number of nitrogens with zero attached hydrogens (tertiary/aromatic N) is 1. The summed E-state index contributed by atoms with van der Waals surface area (Å²) in [5.74, 6) is 0. The van der Waals surface area contributed by atoms with Crippen molar-refractivity contribution in [3.63, 3.8) is 0 Å². The number of halogens is 2. The molecule has 0 aliphatic heterocycles. The minimum Gasteiger partial charge on any atom is -0.250 e. The quantitative estimate of drug-likeness (QED) is 0.674. The second kappa shape index (κ2) is 4.25. The highest BCUT2D eigenvalue weighted by molar-refractivity contribution is 9.08. The summed E-state index contributed by atoms with van der Waals surface area (Å²) >= 11 is 5.07. The summed E-state index contributed by atoms with van der Waals surface area (Å²) in [6.45, 7) is 2.01. The van der Waals surface area contributed by atoms with Crippen LogP contribution in [0.3, 0.4) is 0 Å². The van der Waals surface area contributed by atoms with Gasteiger partial charge in [-0.3, -0.25) is 0 Å². The summed E-state index contributed by atoms with van der Waals surface area (Å²) < 4.78 is 0. The van der Waals surface area contributed by atoms with Crippen molar-refractivity contribution in [2.75, 3.05) is 0 Å². The summed E-state index contributed by atoms with van der Waals surface area (Å²) in [5, 5.41) is 2.07. The molecule has 1 aromatic heterocycles. The summed E-state index contributed by atoms with van der Waals surface area (Å²) in [5.41, 5.74) is 0. The van der Waals surface area contributed by atoms with Gasteiger partial charge < -0.3 is 0 Å². The molecular weight excluding hydrogens is 221 g/mol. The van der Waals surface area contributed by atoms with Crippen molar-refractivity contribution < 1.29 is 0 Å². The number of hydrogen-bond acceptors (Lipinski definition) is 2. The molecule has 0 spiro atoms. The van der Waals surface area contributed by atoms with Crippen molar-refractivity contribution in [3.8, 4) is 0 Å². The molecule has 0 bridgehead atoms. The maximum absolute atomic E-state index is 4.08. The van der Waals surface area contributed by atoms with Gasteiger partial charge in [-0.05, 0) is 6.92 Å². The number of rotatable bonds is 1. The molecule has 0 aromatic carbocycles. The van der Waals surface area contributed by atoms with Gasteiger partial charge in [-0.1, -0.05) is 15.9 Å². The largest absolute Gasteiger partial charge is 0.250 e. The SMILES string of the molecule is Cc1ncc(CBr)s1.Cl.